The second-order valence-corrected chi connectivity index (χ2v) is 6.03. The second kappa shape index (κ2) is 8.16. The number of rotatable bonds is 5. The van der Waals surface area contributed by atoms with Gasteiger partial charge >= 0.3 is 0 Å². The molecular formula is C16H14ClIN2O3. The van der Waals surface area contributed by atoms with Crippen LogP contribution in [0.4, 0.5) is 0 Å². The van der Waals surface area contributed by atoms with E-state index in [-0.39, 0.29) is 5.91 Å². The first-order chi connectivity index (χ1) is 11.0. The predicted octanol–water partition coefficient (Wildman–Crippen LogP) is 3.73. The maximum atomic E-state index is 12.1. The predicted molar refractivity (Wildman–Crippen MR) is 98.8 cm³/mol. The molecule has 0 heterocycles. The number of nitrogens with zero attached hydrogens (tertiary/aromatic N) is 1. The molecule has 0 fully saturated rings. The van der Waals surface area contributed by atoms with Crippen LogP contribution in [0, 0.1) is 3.57 Å². The molecule has 0 radical (unpaired) electrons. The van der Waals surface area contributed by atoms with Crippen molar-refractivity contribution in [3.63, 3.8) is 0 Å². The number of benzene rings is 2. The van der Waals surface area contributed by atoms with E-state index in [0.717, 1.165) is 3.57 Å². The van der Waals surface area contributed by atoms with Gasteiger partial charge in [0.25, 0.3) is 5.91 Å². The Morgan fingerprint density at radius 1 is 1.17 bits per heavy atom. The average Bonchev–Trinajstić information content (AvgIpc) is 2.55. The quantitative estimate of drug-likeness (QED) is 0.434. The number of carbonyl (C=O) groups excluding carboxylic acids is 1. The number of nitrogens with one attached hydrogen (secondary N) is 1. The molecule has 120 valence electrons. The van der Waals surface area contributed by atoms with Crippen LogP contribution in [0.5, 0.6) is 11.5 Å². The molecule has 0 bridgehead atoms. The minimum atomic E-state index is -0.336. The lowest BCUT2D eigenvalue weighted by Crippen LogP contribution is -2.17. The molecule has 0 aliphatic rings. The van der Waals surface area contributed by atoms with E-state index in [9.17, 15) is 4.79 Å². The van der Waals surface area contributed by atoms with E-state index in [2.05, 4.69) is 33.1 Å². The van der Waals surface area contributed by atoms with Crippen molar-refractivity contribution in [3.05, 3.63) is 56.1 Å². The second-order valence-electron chi connectivity index (χ2n) is 4.43. The lowest BCUT2D eigenvalue weighted by Gasteiger charge is -2.06. The maximum absolute atomic E-state index is 12.1. The van der Waals surface area contributed by atoms with Crippen molar-refractivity contribution in [1.29, 1.82) is 0 Å². The van der Waals surface area contributed by atoms with Crippen LogP contribution < -0.4 is 14.9 Å². The van der Waals surface area contributed by atoms with Gasteiger partial charge in [-0.1, -0.05) is 11.6 Å². The highest BCUT2D eigenvalue weighted by Crippen LogP contribution is 2.22. The molecule has 0 aliphatic heterocycles. The minimum absolute atomic E-state index is 0.336. The van der Waals surface area contributed by atoms with E-state index in [1.54, 1.807) is 50.6 Å². The number of ether oxygens (including phenoxy) is 2. The van der Waals surface area contributed by atoms with Gasteiger partial charge in [-0.2, -0.15) is 5.10 Å². The van der Waals surface area contributed by atoms with Crippen molar-refractivity contribution in [2.45, 2.75) is 0 Å². The first-order valence-electron chi connectivity index (χ1n) is 6.55. The summed E-state index contributed by atoms with van der Waals surface area (Å²) in [5, 5.41) is 4.50. The van der Waals surface area contributed by atoms with Crippen molar-refractivity contribution in [2.75, 3.05) is 14.2 Å². The van der Waals surface area contributed by atoms with Gasteiger partial charge in [0.15, 0.2) is 0 Å². The molecule has 0 aromatic heterocycles. The molecule has 1 N–H and O–H groups in total. The number of hydrogen-bond acceptors (Lipinski definition) is 4. The number of halogens is 2. The van der Waals surface area contributed by atoms with Crippen molar-refractivity contribution in [2.24, 2.45) is 5.10 Å². The number of hydrogen-bond donors (Lipinski definition) is 1. The topological polar surface area (TPSA) is 59.9 Å². The van der Waals surface area contributed by atoms with Crippen LogP contribution in [0.15, 0.2) is 41.5 Å². The van der Waals surface area contributed by atoms with Gasteiger partial charge in [-0.25, -0.2) is 5.43 Å². The van der Waals surface area contributed by atoms with Crippen molar-refractivity contribution in [1.82, 2.24) is 5.43 Å². The normalized spacial score (nSPS) is 10.6. The summed E-state index contributed by atoms with van der Waals surface area (Å²) in [5.41, 5.74) is 3.59. The summed E-state index contributed by atoms with van der Waals surface area (Å²) in [6, 6.07) is 10.3. The molecule has 23 heavy (non-hydrogen) atoms. The molecule has 0 aliphatic carbocycles. The zero-order chi connectivity index (χ0) is 16.8. The number of methoxy groups -OCH3 is 2. The van der Waals surface area contributed by atoms with Gasteiger partial charge in [0.1, 0.15) is 11.5 Å². The van der Waals surface area contributed by atoms with Gasteiger partial charge in [-0.3, -0.25) is 4.79 Å². The minimum Gasteiger partial charge on any atom is -0.496 e. The van der Waals surface area contributed by atoms with Gasteiger partial charge in [-0.05, 0) is 59.0 Å². The molecule has 0 spiro atoms. The smallest absolute Gasteiger partial charge is 0.271 e. The molecule has 0 saturated carbocycles. The van der Waals surface area contributed by atoms with Gasteiger partial charge in [0.2, 0.25) is 0 Å². The third kappa shape index (κ3) is 4.59. The van der Waals surface area contributed by atoms with E-state index in [4.69, 9.17) is 21.1 Å². The zero-order valence-electron chi connectivity index (χ0n) is 12.5. The molecule has 1 amide bonds. The highest BCUT2D eigenvalue weighted by Gasteiger charge is 2.08. The van der Waals surface area contributed by atoms with Gasteiger partial charge in [-0.15, -0.1) is 0 Å². The van der Waals surface area contributed by atoms with Crippen LogP contribution in [0.25, 0.3) is 0 Å². The molecule has 0 atom stereocenters. The summed E-state index contributed by atoms with van der Waals surface area (Å²) in [6.07, 6.45) is 1.48. The van der Waals surface area contributed by atoms with Crippen molar-refractivity contribution < 1.29 is 14.3 Å². The Labute approximate surface area is 152 Å². The van der Waals surface area contributed by atoms with Crippen LogP contribution in [-0.4, -0.2) is 26.3 Å². The van der Waals surface area contributed by atoms with Crippen molar-refractivity contribution in [3.8, 4) is 11.5 Å². The fourth-order valence-corrected chi connectivity index (χ4v) is 2.57. The SMILES string of the molecule is COc1cc(C(=O)N/N=C\c2cc(Cl)ccc2OC)ccc1I. The number of amides is 1. The average molecular weight is 445 g/mol. The van der Waals surface area contributed by atoms with E-state index >= 15 is 0 Å². The number of hydrazone groups is 1. The Morgan fingerprint density at radius 3 is 2.61 bits per heavy atom. The Bertz CT molecular complexity index is 750. The first kappa shape index (κ1) is 17.6. The Hall–Kier alpha value is -1.80. The molecule has 7 heteroatoms. The fourth-order valence-electron chi connectivity index (χ4n) is 1.83. The van der Waals surface area contributed by atoms with E-state index in [1.165, 1.54) is 6.21 Å². The lowest BCUT2D eigenvalue weighted by atomic mass is 10.2. The molecule has 0 saturated heterocycles. The fraction of sp³-hybridized carbons (Fsp3) is 0.125. The van der Waals surface area contributed by atoms with Crippen molar-refractivity contribution >= 4 is 46.3 Å². The molecule has 5 nitrogen and oxygen atoms in total. The van der Waals surface area contributed by atoms with Crippen LogP contribution in [-0.2, 0) is 0 Å². The highest BCUT2D eigenvalue weighted by molar-refractivity contribution is 14.1. The van der Waals surface area contributed by atoms with Gasteiger partial charge < -0.3 is 9.47 Å². The van der Waals surface area contributed by atoms with Gasteiger partial charge in [0.05, 0.1) is 24.0 Å². The summed E-state index contributed by atoms with van der Waals surface area (Å²) in [6.45, 7) is 0. The van der Waals surface area contributed by atoms with Crippen LogP contribution >= 0.6 is 34.2 Å². The molecule has 2 aromatic rings. The third-order valence-electron chi connectivity index (χ3n) is 2.97. The Morgan fingerprint density at radius 2 is 1.91 bits per heavy atom. The summed E-state index contributed by atoms with van der Waals surface area (Å²) >= 11 is 8.08. The van der Waals surface area contributed by atoms with Crippen LogP contribution in [0.1, 0.15) is 15.9 Å². The van der Waals surface area contributed by atoms with E-state index in [1.807, 2.05) is 0 Å². The first-order valence-corrected chi connectivity index (χ1v) is 8.01. The highest BCUT2D eigenvalue weighted by atomic mass is 127. The Balaban J connectivity index is 2.11. The molecular weight excluding hydrogens is 431 g/mol. The monoisotopic (exact) mass is 444 g/mol. The Kier molecular flexibility index (Phi) is 6.23. The van der Waals surface area contributed by atoms with Crippen LogP contribution in [0.3, 0.4) is 0 Å². The summed E-state index contributed by atoms with van der Waals surface area (Å²) in [7, 11) is 3.11. The summed E-state index contributed by atoms with van der Waals surface area (Å²) in [5.74, 6) is 0.916. The molecule has 2 aromatic carbocycles. The molecule has 2 rings (SSSR count). The summed E-state index contributed by atoms with van der Waals surface area (Å²) in [4.78, 5) is 12.1. The largest absolute Gasteiger partial charge is 0.496 e. The summed E-state index contributed by atoms with van der Waals surface area (Å²) < 4.78 is 11.3. The van der Waals surface area contributed by atoms with E-state index < -0.39 is 0 Å². The van der Waals surface area contributed by atoms with Gasteiger partial charge in [0, 0.05) is 16.1 Å². The maximum Gasteiger partial charge on any atom is 0.271 e. The number of carbonyl (C=O) groups is 1. The molecule has 0 unspecified atom stereocenters. The zero-order valence-corrected chi connectivity index (χ0v) is 15.4. The van der Waals surface area contributed by atoms with Crippen LogP contribution in [0.2, 0.25) is 5.02 Å². The third-order valence-corrected chi connectivity index (χ3v) is 4.10. The van der Waals surface area contributed by atoms with E-state index in [0.29, 0.717) is 27.6 Å². The lowest BCUT2D eigenvalue weighted by molar-refractivity contribution is 0.0954. The standard InChI is InChI=1S/C16H14ClIN2O3/c1-22-14-6-4-12(17)7-11(14)9-19-20-16(21)10-3-5-13(18)15(8-10)23-2/h3-9H,1-2H3,(H,20,21)/b19-9-.